The highest BCUT2D eigenvalue weighted by molar-refractivity contribution is 5.70. The third-order valence-electron chi connectivity index (χ3n) is 3.46. The SMILES string of the molecule is CCC1(C)C(C)CN1C(=O)OC(C)(C)C. The van der Waals surface area contributed by atoms with Crippen LogP contribution < -0.4 is 0 Å². The summed E-state index contributed by atoms with van der Waals surface area (Å²) in [6.07, 6.45) is 0.804. The minimum atomic E-state index is -0.398. The van der Waals surface area contributed by atoms with E-state index >= 15 is 0 Å². The molecule has 0 aliphatic carbocycles. The molecule has 2 unspecified atom stereocenters. The van der Waals surface area contributed by atoms with E-state index in [2.05, 4.69) is 20.8 Å². The van der Waals surface area contributed by atoms with Gasteiger partial charge in [0.1, 0.15) is 5.60 Å². The minimum absolute atomic E-state index is 0.0116. The van der Waals surface area contributed by atoms with Crippen molar-refractivity contribution in [2.75, 3.05) is 6.54 Å². The Labute approximate surface area is 92.8 Å². The van der Waals surface area contributed by atoms with Crippen molar-refractivity contribution in [2.24, 2.45) is 5.92 Å². The fourth-order valence-corrected chi connectivity index (χ4v) is 1.97. The molecule has 15 heavy (non-hydrogen) atoms. The first-order valence-corrected chi connectivity index (χ1v) is 5.71. The van der Waals surface area contributed by atoms with Crippen LogP contribution in [0.3, 0.4) is 0 Å². The van der Waals surface area contributed by atoms with Crippen molar-refractivity contribution in [2.45, 2.75) is 59.1 Å². The molecule has 0 aromatic carbocycles. The number of ether oxygens (including phenoxy) is 1. The van der Waals surface area contributed by atoms with Crippen molar-refractivity contribution in [3.8, 4) is 0 Å². The highest BCUT2D eigenvalue weighted by Gasteiger charge is 2.49. The molecule has 88 valence electrons. The van der Waals surface area contributed by atoms with Crippen molar-refractivity contribution < 1.29 is 9.53 Å². The van der Waals surface area contributed by atoms with Crippen molar-refractivity contribution in [1.82, 2.24) is 4.90 Å². The third kappa shape index (κ3) is 2.27. The van der Waals surface area contributed by atoms with Gasteiger partial charge in [0.15, 0.2) is 0 Å². The molecule has 1 aliphatic rings. The second-order valence-electron chi connectivity index (χ2n) is 5.70. The average Bonchev–Trinajstić information content (AvgIpc) is 2.09. The van der Waals surface area contributed by atoms with E-state index in [-0.39, 0.29) is 11.6 Å². The van der Waals surface area contributed by atoms with Crippen molar-refractivity contribution in [1.29, 1.82) is 0 Å². The van der Waals surface area contributed by atoms with Crippen LogP contribution in [0.15, 0.2) is 0 Å². The molecule has 0 spiro atoms. The van der Waals surface area contributed by atoms with Crippen LogP contribution in [0.1, 0.15) is 48.0 Å². The van der Waals surface area contributed by atoms with Crippen molar-refractivity contribution in [3.05, 3.63) is 0 Å². The van der Waals surface area contributed by atoms with Crippen LogP contribution >= 0.6 is 0 Å². The number of rotatable bonds is 1. The highest BCUT2D eigenvalue weighted by Crippen LogP contribution is 2.39. The summed E-state index contributed by atoms with van der Waals surface area (Å²) in [5.74, 6) is 0.565. The monoisotopic (exact) mass is 213 g/mol. The van der Waals surface area contributed by atoms with Gasteiger partial charge >= 0.3 is 6.09 Å². The zero-order chi connectivity index (χ0) is 11.9. The molecule has 1 heterocycles. The smallest absolute Gasteiger partial charge is 0.410 e. The fraction of sp³-hybridized carbons (Fsp3) is 0.917. The van der Waals surface area contributed by atoms with Gasteiger partial charge in [0.2, 0.25) is 0 Å². The molecule has 0 saturated carbocycles. The number of amides is 1. The first kappa shape index (κ1) is 12.3. The maximum absolute atomic E-state index is 11.9. The van der Waals surface area contributed by atoms with Crippen LogP contribution in [0.5, 0.6) is 0 Å². The molecule has 0 aromatic rings. The molecule has 0 aromatic heterocycles. The Balaban J connectivity index is 2.64. The molecule has 1 aliphatic heterocycles. The topological polar surface area (TPSA) is 29.5 Å². The van der Waals surface area contributed by atoms with E-state index in [0.29, 0.717) is 5.92 Å². The molecular weight excluding hydrogens is 190 g/mol. The van der Waals surface area contributed by atoms with E-state index in [0.717, 1.165) is 13.0 Å². The largest absolute Gasteiger partial charge is 0.444 e. The summed E-state index contributed by atoms with van der Waals surface area (Å²) in [6, 6.07) is 0. The molecular formula is C12H23NO2. The average molecular weight is 213 g/mol. The van der Waals surface area contributed by atoms with E-state index in [1.807, 2.05) is 25.7 Å². The lowest BCUT2D eigenvalue weighted by molar-refractivity contribution is -0.0730. The summed E-state index contributed by atoms with van der Waals surface area (Å²) in [5.41, 5.74) is -0.410. The van der Waals surface area contributed by atoms with Crippen LogP contribution in [0, 0.1) is 5.92 Å². The van der Waals surface area contributed by atoms with Crippen LogP contribution in [0.25, 0.3) is 0 Å². The molecule has 3 nitrogen and oxygen atoms in total. The van der Waals surface area contributed by atoms with Crippen molar-refractivity contribution >= 4 is 6.09 Å². The summed E-state index contributed by atoms with van der Waals surface area (Å²) < 4.78 is 5.37. The van der Waals surface area contributed by atoms with Gasteiger partial charge in [-0.15, -0.1) is 0 Å². The van der Waals surface area contributed by atoms with Gasteiger partial charge in [-0.1, -0.05) is 13.8 Å². The Morgan fingerprint density at radius 1 is 1.53 bits per heavy atom. The molecule has 1 fully saturated rings. The lowest BCUT2D eigenvalue weighted by Gasteiger charge is -2.55. The number of hydrogen-bond donors (Lipinski definition) is 0. The van der Waals surface area contributed by atoms with Crippen molar-refractivity contribution in [3.63, 3.8) is 0 Å². The Morgan fingerprint density at radius 2 is 2.07 bits per heavy atom. The first-order chi connectivity index (χ1) is 6.70. The Bertz CT molecular complexity index is 257. The van der Waals surface area contributed by atoms with Crippen LogP contribution in [0.2, 0.25) is 0 Å². The Kier molecular flexibility index (Phi) is 3.04. The Morgan fingerprint density at radius 3 is 2.40 bits per heavy atom. The molecule has 1 rings (SSSR count). The molecule has 1 amide bonds. The van der Waals surface area contributed by atoms with Crippen LogP contribution in [0.4, 0.5) is 4.79 Å². The quantitative estimate of drug-likeness (QED) is 0.670. The fourth-order valence-electron chi connectivity index (χ4n) is 1.97. The summed E-state index contributed by atoms with van der Waals surface area (Å²) in [7, 11) is 0. The molecule has 3 heteroatoms. The van der Waals surface area contributed by atoms with Gasteiger partial charge < -0.3 is 9.64 Å². The zero-order valence-electron chi connectivity index (χ0n) is 10.8. The standard InChI is InChI=1S/C12H23NO2/c1-7-12(6)9(2)8-13(12)10(14)15-11(3,4)5/h9H,7-8H2,1-6H3. The lowest BCUT2D eigenvalue weighted by atomic mass is 9.75. The van der Waals surface area contributed by atoms with Gasteiger partial charge in [0, 0.05) is 12.1 Å². The zero-order valence-corrected chi connectivity index (χ0v) is 10.8. The van der Waals surface area contributed by atoms with Gasteiger partial charge in [-0.2, -0.15) is 0 Å². The van der Waals surface area contributed by atoms with Gasteiger partial charge in [-0.3, -0.25) is 0 Å². The van der Waals surface area contributed by atoms with Gasteiger partial charge in [0.25, 0.3) is 0 Å². The minimum Gasteiger partial charge on any atom is -0.444 e. The summed E-state index contributed by atoms with van der Waals surface area (Å²) >= 11 is 0. The normalized spacial score (nSPS) is 31.1. The number of hydrogen-bond acceptors (Lipinski definition) is 2. The Hall–Kier alpha value is -0.730. The number of carbonyl (C=O) groups excluding carboxylic acids is 1. The molecule has 1 saturated heterocycles. The summed E-state index contributed by atoms with van der Waals surface area (Å²) in [5, 5.41) is 0. The maximum atomic E-state index is 11.9. The molecule has 0 N–H and O–H groups in total. The van der Waals surface area contributed by atoms with Crippen LogP contribution in [-0.4, -0.2) is 28.7 Å². The van der Waals surface area contributed by atoms with E-state index in [1.165, 1.54) is 0 Å². The second kappa shape index (κ2) is 3.69. The molecule has 0 radical (unpaired) electrons. The summed E-state index contributed by atoms with van der Waals surface area (Å²) in [4.78, 5) is 13.7. The number of likely N-dealkylation sites (tertiary alicyclic amines) is 1. The van der Waals surface area contributed by atoms with Gasteiger partial charge in [0.05, 0.1) is 0 Å². The second-order valence-corrected chi connectivity index (χ2v) is 5.70. The number of nitrogens with zero attached hydrogens (tertiary/aromatic N) is 1. The van der Waals surface area contributed by atoms with E-state index in [1.54, 1.807) is 0 Å². The lowest BCUT2D eigenvalue weighted by Crippen LogP contribution is -2.66. The first-order valence-electron chi connectivity index (χ1n) is 5.71. The predicted octanol–water partition coefficient (Wildman–Crippen LogP) is 3.04. The summed E-state index contributed by atoms with van der Waals surface area (Å²) in [6.45, 7) is 13.0. The molecule has 0 bridgehead atoms. The van der Waals surface area contributed by atoms with Crippen LogP contribution in [-0.2, 0) is 4.74 Å². The van der Waals surface area contributed by atoms with Gasteiger partial charge in [-0.05, 0) is 40.0 Å². The predicted molar refractivity (Wildman–Crippen MR) is 60.8 cm³/mol. The third-order valence-corrected chi connectivity index (χ3v) is 3.46. The van der Waals surface area contributed by atoms with E-state index in [9.17, 15) is 4.79 Å². The van der Waals surface area contributed by atoms with E-state index < -0.39 is 5.60 Å². The van der Waals surface area contributed by atoms with E-state index in [4.69, 9.17) is 4.74 Å². The molecule has 2 atom stereocenters. The highest BCUT2D eigenvalue weighted by atomic mass is 16.6. The van der Waals surface area contributed by atoms with Gasteiger partial charge in [-0.25, -0.2) is 4.79 Å². The maximum Gasteiger partial charge on any atom is 0.410 e. The number of carbonyl (C=O) groups is 1.